The van der Waals surface area contributed by atoms with Crippen molar-refractivity contribution in [3.05, 3.63) is 54.6 Å². The quantitative estimate of drug-likeness (QED) is 0.591. The predicted octanol–water partition coefficient (Wildman–Crippen LogP) is 3.48. The molecular formula is C12H10. The van der Waals surface area contributed by atoms with Crippen molar-refractivity contribution in [2.75, 3.05) is 0 Å². The Kier molecular flexibility index (Phi) is 1.41. The second-order valence-corrected chi connectivity index (χ2v) is 2.71. The van der Waals surface area contributed by atoms with Gasteiger partial charge in [-0.05, 0) is 22.4 Å². The second-order valence-electron chi connectivity index (χ2n) is 2.71. The zero-order chi connectivity index (χ0) is 9.26. The van der Waals surface area contributed by atoms with E-state index in [1.165, 1.54) is 0 Å². The Bertz CT molecular complexity index is 458. The van der Waals surface area contributed by atoms with E-state index in [4.69, 9.17) is 1.37 Å². The third kappa shape index (κ3) is 1.12. The van der Waals surface area contributed by atoms with Crippen LogP contribution < -0.4 is 0 Å². The average molecular weight is 155 g/mol. The van der Waals surface area contributed by atoms with Crippen molar-refractivity contribution in [2.24, 2.45) is 0 Å². The normalized spacial score (nSPS) is 11.2. The van der Waals surface area contributed by atoms with Gasteiger partial charge in [-0.3, -0.25) is 0 Å². The van der Waals surface area contributed by atoms with Crippen molar-refractivity contribution in [1.29, 1.82) is 0 Å². The van der Waals surface area contributed by atoms with E-state index in [-0.39, 0.29) is 0 Å². The lowest BCUT2D eigenvalue weighted by molar-refractivity contribution is 1.71. The van der Waals surface area contributed by atoms with Gasteiger partial charge in [0.15, 0.2) is 0 Å². The molecule has 0 amide bonds. The van der Waals surface area contributed by atoms with Crippen LogP contribution in [-0.2, 0) is 0 Å². The molecule has 12 heavy (non-hydrogen) atoms. The highest BCUT2D eigenvalue weighted by molar-refractivity contribution is 5.84. The summed E-state index contributed by atoms with van der Waals surface area (Å²) in [5.41, 5.74) is 0.888. The maximum absolute atomic E-state index is 7.87. The Morgan fingerprint density at radius 3 is 2.58 bits per heavy atom. The summed E-state index contributed by atoms with van der Waals surface area (Å²) >= 11 is 0. The van der Waals surface area contributed by atoms with Crippen LogP contribution >= 0.6 is 0 Å². The molecule has 0 heteroatoms. The Balaban J connectivity index is 2.86. The predicted molar refractivity (Wildman–Crippen MR) is 54.0 cm³/mol. The van der Waals surface area contributed by atoms with E-state index in [9.17, 15) is 0 Å². The maximum atomic E-state index is 7.87. The summed E-state index contributed by atoms with van der Waals surface area (Å²) < 4.78 is 7.87. The molecule has 0 N–H and O–H groups in total. The summed E-state index contributed by atoms with van der Waals surface area (Å²) in [5.74, 6) is 0. The highest BCUT2D eigenvalue weighted by Crippen LogP contribution is 2.15. The number of benzene rings is 2. The molecule has 0 aliphatic carbocycles. The van der Waals surface area contributed by atoms with Crippen molar-refractivity contribution >= 4 is 16.8 Å². The molecule has 0 unspecified atom stereocenters. The van der Waals surface area contributed by atoms with Gasteiger partial charge < -0.3 is 0 Å². The van der Waals surface area contributed by atoms with Gasteiger partial charge in [-0.15, -0.1) is 0 Å². The van der Waals surface area contributed by atoms with Crippen LogP contribution in [0, 0.1) is 0 Å². The van der Waals surface area contributed by atoms with Crippen molar-refractivity contribution in [3.63, 3.8) is 0 Å². The molecule has 0 radical (unpaired) electrons. The molecular weight excluding hydrogens is 144 g/mol. The largest absolute Gasteiger partial charge is 0.0985 e. The van der Waals surface area contributed by atoms with Crippen molar-refractivity contribution in [2.45, 2.75) is 0 Å². The molecule has 0 nitrogen and oxygen atoms in total. The van der Waals surface area contributed by atoms with Crippen LogP contribution in [0.2, 0.25) is 0 Å². The van der Waals surface area contributed by atoms with Crippen LogP contribution in [0.25, 0.3) is 16.8 Å². The van der Waals surface area contributed by atoms with Crippen molar-refractivity contribution in [3.8, 4) is 0 Å². The molecule has 2 aromatic rings. The van der Waals surface area contributed by atoms with Crippen LogP contribution in [0.3, 0.4) is 0 Å². The molecule has 0 aromatic heterocycles. The first-order chi connectivity index (χ1) is 6.33. The lowest BCUT2D eigenvalue weighted by Gasteiger charge is -1.97. The maximum Gasteiger partial charge on any atom is 0.0636 e. The summed E-state index contributed by atoms with van der Waals surface area (Å²) in [6.07, 6.45) is 1.72. The summed E-state index contributed by atoms with van der Waals surface area (Å²) in [6.45, 7) is 3.68. The highest BCUT2D eigenvalue weighted by atomic mass is 14.0. The van der Waals surface area contributed by atoms with Crippen LogP contribution in [0.4, 0.5) is 0 Å². The molecule has 0 saturated carbocycles. The molecule has 0 fully saturated rings. The first kappa shape index (κ1) is 6.01. The minimum absolute atomic E-state index is 0.563. The van der Waals surface area contributed by atoms with Gasteiger partial charge >= 0.3 is 0 Å². The second kappa shape index (κ2) is 2.82. The molecule has 0 atom stereocenters. The van der Waals surface area contributed by atoms with E-state index in [0.29, 0.717) is 6.04 Å². The van der Waals surface area contributed by atoms with Crippen LogP contribution in [0.5, 0.6) is 0 Å². The van der Waals surface area contributed by atoms with Gasteiger partial charge in [-0.25, -0.2) is 0 Å². The van der Waals surface area contributed by atoms with Crippen LogP contribution in [-0.4, -0.2) is 0 Å². The summed E-state index contributed by atoms with van der Waals surface area (Å²) in [6, 6.07) is 12.4. The zero-order valence-corrected chi connectivity index (χ0v) is 6.75. The molecule has 0 spiro atoms. The van der Waals surface area contributed by atoms with E-state index >= 15 is 0 Å². The van der Waals surface area contributed by atoms with Gasteiger partial charge in [-0.1, -0.05) is 49.1 Å². The smallest absolute Gasteiger partial charge is 0.0636 e. The molecule has 0 saturated heterocycles. The highest BCUT2D eigenvalue weighted by Gasteiger charge is 1.90. The molecule has 2 aromatic carbocycles. The van der Waals surface area contributed by atoms with Crippen molar-refractivity contribution in [1.82, 2.24) is 0 Å². The van der Waals surface area contributed by atoms with Gasteiger partial charge in [-0.2, -0.15) is 0 Å². The summed E-state index contributed by atoms with van der Waals surface area (Å²) in [4.78, 5) is 0. The van der Waals surface area contributed by atoms with E-state index in [0.717, 1.165) is 16.3 Å². The van der Waals surface area contributed by atoms with Gasteiger partial charge in [0.05, 0.1) is 1.37 Å². The monoisotopic (exact) mass is 155 g/mol. The fraction of sp³-hybridized carbons (Fsp3) is 0. The number of rotatable bonds is 1. The summed E-state index contributed by atoms with van der Waals surface area (Å²) in [5, 5.41) is 2.10. The fourth-order valence-electron chi connectivity index (χ4n) is 1.25. The van der Waals surface area contributed by atoms with Gasteiger partial charge in [0, 0.05) is 0 Å². The minimum atomic E-state index is 0.563. The topological polar surface area (TPSA) is 0 Å². The molecule has 0 aliphatic heterocycles. The molecule has 2 rings (SSSR count). The third-order valence-electron chi connectivity index (χ3n) is 1.90. The molecule has 0 heterocycles. The Morgan fingerprint density at radius 1 is 1.08 bits per heavy atom. The van der Waals surface area contributed by atoms with E-state index in [1.54, 1.807) is 6.08 Å². The van der Waals surface area contributed by atoms with Gasteiger partial charge in [0.2, 0.25) is 0 Å². The van der Waals surface area contributed by atoms with Crippen molar-refractivity contribution < 1.29 is 1.37 Å². The Hall–Kier alpha value is -1.56. The van der Waals surface area contributed by atoms with E-state index < -0.39 is 0 Å². The first-order valence-corrected chi connectivity index (χ1v) is 3.93. The molecule has 0 bridgehead atoms. The fourth-order valence-corrected chi connectivity index (χ4v) is 1.25. The number of hydrogen-bond acceptors (Lipinski definition) is 0. The zero-order valence-electron chi connectivity index (χ0n) is 7.75. The van der Waals surface area contributed by atoms with E-state index in [1.807, 2.05) is 36.4 Å². The van der Waals surface area contributed by atoms with E-state index in [2.05, 4.69) is 6.58 Å². The Labute approximate surface area is 73.6 Å². The number of fused-ring (bicyclic) bond motifs is 1. The van der Waals surface area contributed by atoms with Gasteiger partial charge in [0.1, 0.15) is 0 Å². The molecule has 0 aliphatic rings. The lowest BCUT2D eigenvalue weighted by Crippen LogP contribution is -1.73. The standard InChI is InChI=1S/C12H10/c1-2-10-7-8-11-5-3-4-6-12(11)9-10/h2-9H,1H2/i9D. The average Bonchev–Trinajstić information content (AvgIpc) is 2.19. The minimum Gasteiger partial charge on any atom is -0.0985 e. The summed E-state index contributed by atoms with van der Waals surface area (Å²) in [7, 11) is 0. The molecule has 58 valence electrons. The lowest BCUT2D eigenvalue weighted by atomic mass is 10.1. The number of hydrogen-bond donors (Lipinski definition) is 0. The Morgan fingerprint density at radius 2 is 1.83 bits per heavy atom. The first-order valence-electron chi connectivity index (χ1n) is 4.43. The van der Waals surface area contributed by atoms with Crippen LogP contribution in [0.15, 0.2) is 49.0 Å². The third-order valence-corrected chi connectivity index (χ3v) is 1.90. The van der Waals surface area contributed by atoms with Gasteiger partial charge in [0.25, 0.3) is 0 Å². The SMILES string of the molecule is [2H]c1c(C=C)ccc2ccccc12. The van der Waals surface area contributed by atoms with Crippen LogP contribution in [0.1, 0.15) is 6.93 Å².